The van der Waals surface area contributed by atoms with Crippen molar-refractivity contribution in [3.8, 4) is 0 Å². The number of benzene rings is 1. The molecule has 0 amide bonds. The summed E-state index contributed by atoms with van der Waals surface area (Å²) in [4.78, 5) is 14.8. The van der Waals surface area contributed by atoms with E-state index in [1.165, 1.54) is 12.1 Å². The molecule has 1 atom stereocenters. The van der Waals surface area contributed by atoms with Crippen LogP contribution in [0.4, 0.5) is 5.69 Å². The molecule has 128 valence electrons. The molecule has 0 heterocycles. The Morgan fingerprint density at radius 1 is 1.30 bits per heavy atom. The minimum Gasteiger partial charge on any atom is -0.383 e. The molecule has 7 heteroatoms. The van der Waals surface area contributed by atoms with Crippen molar-refractivity contribution >= 4 is 11.6 Å². The van der Waals surface area contributed by atoms with Gasteiger partial charge in [0.2, 0.25) is 0 Å². The maximum atomic E-state index is 10.7. The molecule has 1 rings (SSSR count). The first-order chi connectivity index (χ1) is 10.9. The third kappa shape index (κ3) is 7.60. The molecule has 0 saturated heterocycles. The molecule has 0 radical (unpaired) electrons. The van der Waals surface area contributed by atoms with Gasteiger partial charge in [-0.25, -0.2) is 4.99 Å². The summed E-state index contributed by atoms with van der Waals surface area (Å²) in [7, 11) is 1.66. The summed E-state index contributed by atoms with van der Waals surface area (Å²) in [5, 5.41) is 17.2. The normalized spacial score (nSPS) is 13.0. The third-order valence-electron chi connectivity index (χ3n) is 3.04. The van der Waals surface area contributed by atoms with Crippen LogP contribution in [0.15, 0.2) is 29.3 Å². The monoisotopic (exact) mass is 322 g/mol. The first-order valence-electron chi connectivity index (χ1n) is 7.69. The van der Waals surface area contributed by atoms with Crippen molar-refractivity contribution in [2.45, 2.75) is 33.4 Å². The second-order valence-electron chi connectivity index (χ2n) is 5.86. The minimum absolute atomic E-state index is 0.0859. The van der Waals surface area contributed by atoms with Gasteiger partial charge in [-0.2, -0.15) is 0 Å². The minimum atomic E-state index is -0.406. The number of hydrogen-bond donors (Lipinski definition) is 2. The molecule has 1 aromatic carbocycles. The van der Waals surface area contributed by atoms with Crippen LogP contribution in [0.2, 0.25) is 0 Å². The average Bonchev–Trinajstić information content (AvgIpc) is 2.50. The third-order valence-corrected chi connectivity index (χ3v) is 3.04. The molecular weight excluding hydrogens is 296 g/mol. The number of nitro groups is 1. The van der Waals surface area contributed by atoms with Crippen LogP contribution in [0.3, 0.4) is 0 Å². The number of rotatable bonds is 8. The van der Waals surface area contributed by atoms with E-state index in [9.17, 15) is 10.1 Å². The van der Waals surface area contributed by atoms with Crippen molar-refractivity contribution in [3.63, 3.8) is 0 Å². The van der Waals surface area contributed by atoms with Gasteiger partial charge in [0.1, 0.15) is 0 Å². The maximum Gasteiger partial charge on any atom is 0.269 e. The van der Waals surface area contributed by atoms with Gasteiger partial charge >= 0.3 is 0 Å². The summed E-state index contributed by atoms with van der Waals surface area (Å²) in [5.41, 5.74) is 1.00. The lowest BCUT2D eigenvalue weighted by Crippen LogP contribution is -2.45. The Hall–Kier alpha value is -2.15. The average molecular weight is 322 g/mol. The van der Waals surface area contributed by atoms with Crippen LogP contribution >= 0.6 is 0 Å². The van der Waals surface area contributed by atoms with Gasteiger partial charge in [0, 0.05) is 31.8 Å². The SMILES string of the molecule is COCC(C)NC(=NCc1ccc([N+](=O)[O-])cc1)NCC(C)C. The number of aliphatic imine (C=N–C) groups is 1. The van der Waals surface area contributed by atoms with E-state index in [1.54, 1.807) is 19.2 Å². The second-order valence-corrected chi connectivity index (χ2v) is 5.86. The number of nitrogens with zero attached hydrogens (tertiary/aromatic N) is 2. The molecule has 7 nitrogen and oxygen atoms in total. The number of non-ortho nitro benzene ring substituents is 1. The highest BCUT2D eigenvalue weighted by atomic mass is 16.6. The van der Waals surface area contributed by atoms with Gasteiger partial charge in [-0.15, -0.1) is 0 Å². The summed E-state index contributed by atoms with van der Waals surface area (Å²) in [6.45, 7) is 8.11. The fourth-order valence-electron chi connectivity index (χ4n) is 1.87. The standard InChI is InChI=1S/C16H26N4O3/c1-12(2)9-17-16(19-13(3)11-23-4)18-10-14-5-7-15(8-6-14)20(21)22/h5-8,12-13H,9-11H2,1-4H3,(H2,17,18,19). The first kappa shape index (κ1) is 18.9. The van der Waals surface area contributed by atoms with Crippen molar-refractivity contribution in [2.24, 2.45) is 10.9 Å². The number of guanidine groups is 1. The molecule has 1 unspecified atom stereocenters. The van der Waals surface area contributed by atoms with Gasteiger partial charge in [0.25, 0.3) is 5.69 Å². The van der Waals surface area contributed by atoms with Crippen molar-refractivity contribution in [3.05, 3.63) is 39.9 Å². The molecule has 0 aliphatic heterocycles. The van der Waals surface area contributed by atoms with Gasteiger partial charge in [-0.3, -0.25) is 10.1 Å². The summed E-state index contributed by atoms with van der Waals surface area (Å²) >= 11 is 0. The van der Waals surface area contributed by atoms with Crippen LogP contribution in [-0.4, -0.2) is 37.2 Å². The van der Waals surface area contributed by atoms with E-state index < -0.39 is 4.92 Å². The highest BCUT2D eigenvalue weighted by Crippen LogP contribution is 2.12. The van der Waals surface area contributed by atoms with Gasteiger partial charge in [-0.1, -0.05) is 26.0 Å². The highest BCUT2D eigenvalue weighted by molar-refractivity contribution is 5.80. The zero-order chi connectivity index (χ0) is 17.2. The van der Waals surface area contributed by atoms with Crippen LogP contribution in [0.5, 0.6) is 0 Å². The van der Waals surface area contributed by atoms with Crippen LogP contribution < -0.4 is 10.6 Å². The zero-order valence-electron chi connectivity index (χ0n) is 14.2. The van der Waals surface area contributed by atoms with Crippen molar-refractivity contribution < 1.29 is 9.66 Å². The quantitative estimate of drug-likeness (QED) is 0.332. The number of nitro benzene ring substituents is 1. The van der Waals surface area contributed by atoms with E-state index in [-0.39, 0.29) is 11.7 Å². The van der Waals surface area contributed by atoms with Crippen molar-refractivity contribution in [1.82, 2.24) is 10.6 Å². The Morgan fingerprint density at radius 3 is 2.48 bits per heavy atom. The van der Waals surface area contributed by atoms with Crippen molar-refractivity contribution in [1.29, 1.82) is 0 Å². The molecule has 0 aromatic heterocycles. The number of methoxy groups -OCH3 is 1. The predicted octanol–water partition coefficient (Wildman–Crippen LogP) is 2.32. The lowest BCUT2D eigenvalue weighted by Gasteiger charge is -2.18. The fraction of sp³-hybridized carbons (Fsp3) is 0.562. The molecular formula is C16H26N4O3. The van der Waals surface area contributed by atoms with E-state index in [1.807, 2.05) is 6.92 Å². The Kier molecular flexibility index (Phi) is 8.04. The first-order valence-corrected chi connectivity index (χ1v) is 7.69. The van der Waals surface area contributed by atoms with E-state index in [0.717, 1.165) is 12.1 Å². The van der Waals surface area contributed by atoms with Gasteiger partial charge in [-0.05, 0) is 18.4 Å². The largest absolute Gasteiger partial charge is 0.383 e. The predicted molar refractivity (Wildman–Crippen MR) is 91.5 cm³/mol. The van der Waals surface area contributed by atoms with Crippen LogP contribution in [0.1, 0.15) is 26.3 Å². The topological polar surface area (TPSA) is 88.8 Å². The van der Waals surface area contributed by atoms with Gasteiger partial charge in [0.15, 0.2) is 5.96 Å². The summed E-state index contributed by atoms with van der Waals surface area (Å²) in [5.74, 6) is 1.21. The van der Waals surface area contributed by atoms with E-state index in [2.05, 4.69) is 29.5 Å². The van der Waals surface area contributed by atoms with E-state index in [4.69, 9.17) is 4.74 Å². The second kappa shape index (κ2) is 9.78. The maximum absolute atomic E-state index is 10.7. The smallest absolute Gasteiger partial charge is 0.269 e. The molecule has 0 aliphatic rings. The van der Waals surface area contributed by atoms with Gasteiger partial charge in [0.05, 0.1) is 18.1 Å². The van der Waals surface area contributed by atoms with Crippen LogP contribution in [0.25, 0.3) is 0 Å². The highest BCUT2D eigenvalue weighted by Gasteiger charge is 2.07. The number of hydrogen-bond acceptors (Lipinski definition) is 4. The summed E-state index contributed by atoms with van der Waals surface area (Å²) < 4.78 is 5.12. The number of nitrogens with one attached hydrogen (secondary N) is 2. The van der Waals surface area contributed by atoms with Crippen LogP contribution in [-0.2, 0) is 11.3 Å². The molecule has 0 bridgehead atoms. The molecule has 0 fully saturated rings. The molecule has 0 aliphatic carbocycles. The Labute approximate surface area is 137 Å². The Balaban J connectivity index is 2.71. The Bertz CT molecular complexity index is 515. The van der Waals surface area contributed by atoms with E-state index >= 15 is 0 Å². The zero-order valence-corrected chi connectivity index (χ0v) is 14.2. The number of ether oxygens (including phenoxy) is 1. The van der Waals surface area contributed by atoms with Gasteiger partial charge < -0.3 is 15.4 Å². The summed E-state index contributed by atoms with van der Waals surface area (Å²) in [6, 6.07) is 6.57. The molecule has 1 aromatic rings. The summed E-state index contributed by atoms with van der Waals surface area (Å²) in [6.07, 6.45) is 0. The lowest BCUT2D eigenvalue weighted by molar-refractivity contribution is -0.384. The van der Waals surface area contributed by atoms with E-state index in [0.29, 0.717) is 25.0 Å². The molecule has 0 saturated carbocycles. The van der Waals surface area contributed by atoms with Crippen molar-refractivity contribution in [2.75, 3.05) is 20.3 Å². The van der Waals surface area contributed by atoms with Crippen LogP contribution in [0, 0.1) is 16.0 Å². The molecule has 0 spiro atoms. The lowest BCUT2D eigenvalue weighted by atomic mass is 10.2. The fourth-order valence-corrected chi connectivity index (χ4v) is 1.87. The Morgan fingerprint density at radius 2 is 1.96 bits per heavy atom. The molecule has 2 N–H and O–H groups in total. The molecule has 23 heavy (non-hydrogen) atoms.